The van der Waals surface area contributed by atoms with Gasteiger partial charge in [0.1, 0.15) is 0 Å². The molecule has 0 unspecified atom stereocenters. The van der Waals surface area contributed by atoms with Gasteiger partial charge in [0.05, 0.1) is 66.1 Å². The van der Waals surface area contributed by atoms with Gasteiger partial charge in [-0.3, -0.25) is 0 Å². The van der Waals surface area contributed by atoms with Crippen LogP contribution in [0.15, 0.2) is 0 Å². The van der Waals surface area contributed by atoms with Crippen LogP contribution < -0.4 is 0 Å². The number of hydrogen-bond acceptors (Lipinski definition) is 6. The molecule has 6 nitrogen and oxygen atoms in total. The van der Waals surface area contributed by atoms with E-state index in [-0.39, 0.29) is 0 Å². The van der Waals surface area contributed by atoms with E-state index < -0.39 is 0 Å². The Labute approximate surface area is 230 Å². The van der Waals surface area contributed by atoms with Crippen LogP contribution in [0, 0.1) is 0 Å². The molecule has 0 aliphatic rings. The molecule has 0 N–H and O–H groups in total. The second kappa shape index (κ2) is 35.8. The van der Waals surface area contributed by atoms with Crippen LogP contribution >= 0.6 is 0 Å². The summed E-state index contributed by atoms with van der Waals surface area (Å²) in [5.74, 6) is 0. The monoisotopic (exact) mass is 532 g/mol. The predicted molar refractivity (Wildman–Crippen MR) is 155 cm³/mol. The molecule has 0 spiro atoms. The topological polar surface area (TPSA) is 55.4 Å². The van der Waals surface area contributed by atoms with Crippen LogP contribution in [-0.4, -0.2) is 79.3 Å². The van der Waals surface area contributed by atoms with Crippen LogP contribution in [0.3, 0.4) is 0 Å². The highest BCUT2D eigenvalue weighted by atomic mass is 16.6. The first-order valence-electron chi connectivity index (χ1n) is 15.9. The lowest BCUT2D eigenvalue weighted by Gasteiger charge is -2.08. The summed E-state index contributed by atoms with van der Waals surface area (Å²) >= 11 is 0. The number of unbranched alkanes of at least 4 members (excludes halogenated alkanes) is 15. The molecule has 0 aromatic rings. The van der Waals surface area contributed by atoms with Gasteiger partial charge in [-0.25, -0.2) is 0 Å². The molecule has 6 heteroatoms. The Hall–Kier alpha value is -0.240. The van der Waals surface area contributed by atoms with Gasteiger partial charge in [-0.05, 0) is 12.8 Å². The van der Waals surface area contributed by atoms with Crippen molar-refractivity contribution in [3.05, 3.63) is 0 Å². The van der Waals surface area contributed by atoms with Crippen LogP contribution in [0.25, 0.3) is 0 Å². The maximum absolute atomic E-state index is 5.66. The fourth-order valence-electron chi connectivity index (χ4n) is 4.05. The van der Waals surface area contributed by atoms with Crippen LogP contribution in [-0.2, 0) is 28.4 Å². The van der Waals surface area contributed by atoms with Gasteiger partial charge >= 0.3 is 0 Å². The van der Waals surface area contributed by atoms with E-state index in [9.17, 15) is 0 Å². The Balaban J connectivity index is 3.00. The molecule has 0 saturated carbocycles. The quantitative estimate of drug-likeness (QED) is 0.0790. The third kappa shape index (κ3) is 35.8. The molecular formula is C31H64O6. The standard InChI is InChI=1S/C31H64O6/c1-3-5-7-8-9-10-11-12-13-14-15-16-17-19-21-33-23-25-35-27-29-37-31-30-36-28-26-34-24-22-32-20-18-6-4-2/h3-31H2,1-2H3. The summed E-state index contributed by atoms with van der Waals surface area (Å²) in [7, 11) is 0. The summed E-state index contributed by atoms with van der Waals surface area (Å²) in [5.41, 5.74) is 0. The fraction of sp³-hybridized carbons (Fsp3) is 1.00. The largest absolute Gasteiger partial charge is 0.379 e. The van der Waals surface area contributed by atoms with E-state index in [4.69, 9.17) is 28.4 Å². The smallest absolute Gasteiger partial charge is 0.0701 e. The van der Waals surface area contributed by atoms with Gasteiger partial charge in [0, 0.05) is 13.2 Å². The highest BCUT2D eigenvalue weighted by Gasteiger charge is 1.96. The molecular weight excluding hydrogens is 468 g/mol. The van der Waals surface area contributed by atoms with Gasteiger partial charge in [-0.1, -0.05) is 110 Å². The Morgan fingerprint density at radius 1 is 0.216 bits per heavy atom. The van der Waals surface area contributed by atoms with Crippen LogP contribution in [0.5, 0.6) is 0 Å². The van der Waals surface area contributed by atoms with Gasteiger partial charge in [-0.2, -0.15) is 0 Å². The Morgan fingerprint density at radius 3 is 0.703 bits per heavy atom. The number of hydrogen-bond donors (Lipinski definition) is 0. The SMILES string of the molecule is CCCCCCCCCCCCCCCCOCCOCCOCCOCCOCCOCCCCC. The molecule has 0 heterocycles. The zero-order chi connectivity index (χ0) is 26.7. The first-order valence-corrected chi connectivity index (χ1v) is 15.9. The minimum Gasteiger partial charge on any atom is -0.379 e. The van der Waals surface area contributed by atoms with Gasteiger partial charge in [-0.15, -0.1) is 0 Å². The molecule has 0 saturated heterocycles. The Morgan fingerprint density at radius 2 is 0.405 bits per heavy atom. The molecule has 0 aromatic carbocycles. The van der Waals surface area contributed by atoms with Crippen molar-refractivity contribution in [3.63, 3.8) is 0 Å². The fourth-order valence-corrected chi connectivity index (χ4v) is 4.05. The maximum atomic E-state index is 5.66. The van der Waals surface area contributed by atoms with Crippen molar-refractivity contribution in [1.82, 2.24) is 0 Å². The number of ether oxygens (including phenoxy) is 6. The molecule has 0 aliphatic heterocycles. The van der Waals surface area contributed by atoms with Crippen molar-refractivity contribution in [2.45, 2.75) is 123 Å². The second-order valence-corrected chi connectivity index (χ2v) is 9.98. The second-order valence-electron chi connectivity index (χ2n) is 9.98. The first kappa shape index (κ1) is 36.8. The summed E-state index contributed by atoms with van der Waals surface area (Å²) in [5, 5.41) is 0. The lowest BCUT2D eigenvalue weighted by atomic mass is 10.0. The van der Waals surface area contributed by atoms with E-state index >= 15 is 0 Å². The molecule has 0 rings (SSSR count). The van der Waals surface area contributed by atoms with Crippen molar-refractivity contribution >= 4 is 0 Å². The van der Waals surface area contributed by atoms with Crippen molar-refractivity contribution in [2.24, 2.45) is 0 Å². The van der Waals surface area contributed by atoms with E-state index in [0.29, 0.717) is 66.1 Å². The van der Waals surface area contributed by atoms with Gasteiger partial charge in [0.2, 0.25) is 0 Å². The molecule has 224 valence electrons. The summed E-state index contributed by atoms with van der Waals surface area (Å²) in [6.45, 7) is 12.3. The minimum atomic E-state index is 0.583. The molecule has 37 heavy (non-hydrogen) atoms. The summed E-state index contributed by atoms with van der Waals surface area (Å²) in [4.78, 5) is 0. The highest BCUT2D eigenvalue weighted by molar-refractivity contribution is 4.49. The minimum absolute atomic E-state index is 0.583. The van der Waals surface area contributed by atoms with E-state index in [1.54, 1.807) is 0 Å². The molecule has 0 atom stereocenters. The lowest BCUT2D eigenvalue weighted by Crippen LogP contribution is -2.14. The zero-order valence-electron chi connectivity index (χ0n) is 25.0. The average Bonchev–Trinajstić information content (AvgIpc) is 2.91. The summed E-state index contributed by atoms with van der Waals surface area (Å²) in [6, 6.07) is 0. The first-order chi connectivity index (χ1) is 18.4. The molecule has 0 bridgehead atoms. The van der Waals surface area contributed by atoms with E-state index in [1.165, 1.54) is 103 Å². The zero-order valence-corrected chi connectivity index (χ0v) is 25.0. The van der Waals surface area contributed by atoms with Crippen molar-refractivity contribution in [2.75, 3.05) is 79.3 Å². The molecule has 0 aliphatic carbocycles. The van der Waals surface area contributed by atoms with E-state index in [2.05, 4.69) is 13.8 Å². The maximum Gasteiger partial charge on any atom is 0.0701 e. The molecule has 0 radical (unpaired) electrons. The molecule has 0 aromatic heterocycles. The van der Waals surface area contributed by atoms with Crippen molar-refractivity contribution < 1.29 is 28.4 Å². The van der Waals surface area contributed by atoms with Gasteiger partial charge in [0.25, 0.3) is 0 Å². The van der Waals surface area contributed by atoms with Crippen molar-refractivity contribution in [1.29, 1.82) is 0 Å². The van der Waals surface area contributed by atoms with Gasteiger partial charge < -0.3 is 28.4 Å². The van der Waals surface area contributed by atoms with Gasteiger partial charge in [0.15, 0.2) is 0 Å². The third-order valence-corrected chi connectivity index (χ3v) is 6.39. The summed E-state index contributed by atoms with van der Waals surface area (Å²) < 4.78 is 33.2. The third-order valence-electron chi connectivity index (χ3n) is 6.39. The normalized spacial score (nSPS) is 11.5. The van der Waals surface area contributed by atoms with Crippen LogP contribution in [0.1, 0.15) is 123 Å². The highest BCUT2D eigenvalue weighted by Crippen LogP contribution is 2.12. The Kier molecular flexibility index (Phi) is 35.5. The lowest BCUT2D eigenvalue weighted by molar-refractivity contribution is -0.0169. The molecule has 0 amide bonds. The van der Waals surface area contributed by atoms with Crippen LogP contribution in [0.4, 0.5) is 0 Å². The Bertz CT molecular complexity index is 349. The van der Waals surface area contributed by atoms with E-state index in [1.807, 2.05) is 0 Å². The van der Waals surface area contributed by atoms with Crippen LogP contribution in [0.2, 0.25) is 0 Å². The van der Waals surface area contributed by atoms with E-state index in [0.717, 1.165) is 19.6 Å². The predicted octanol–water partition coefficient (Wildman–Crippen LogP) is 7.76. The van der Waals surface area contributed by atoms with Crippen molar-refractivity contribution in [3.8, 4) is 0 Å². The number of rotatable bonds is 34. The average molecular weight is 533 g/mol. The summed E-state index contributed by atoms with van der Waals surface area (Å²) in [6.07, 6.45) is 23.0. The molecule has 0 fully saturated rings.